The topological polar surface area (TPSA) is 0 Å². The highest BCUT2D eigenvalue weighted by Gasteiger charge is 2.27. The Morgan fingerprint density at radius 1 is 1.15 bits per heavy atom. The van der Waals surface area contributed by atoms with Crippen LogP contribution in [0.4, 0.5) is 0 Å². The van der Waals surface area contributed by atoms with Crippen molar-refractivity contribution in [2.24, 2.45) is 0 Å². The Morgan fingerprint density at radius 3 is 2.15 bits per heavy atom. The SMILES string of the molecule is CC[Si](Cl)(CC)Sc1ccccc1. The summed E-state index contributed by atoms with van der Waals surface area (Å²) in [6.45, 7) is 2.84. The van der Waals surface area contributed by atoms with E-state index in [0.717, 1.165) is 12.1 Å². The summed E-state index contributed by atoms with van der Waals surface area (Å²) in [7, 11) is 0. The third kappa shape index (κ3) is 3.37. The molecule has 0 heterocycles. The molecule has 72 valence electrons. The number of halogens is 1. The van der Waals surface area contributed by atoms with Crippen LogP contribution in [-0.4, -0.2) is 6.53 Å². The van der Waals surface area contributed by atoms with Gasteiger partial charge >= 0.3 is 0 Å². The average Bonchev–Trinajstić information content (AvgIpc) is 2.19. The minimum absolute atomic E-state index is 1.13. The van der Waals surface area contributed by atoms with Crippen LogP contribution in [0.3, 0.4) is 0 Å². The minimum atomic E-state index is -1.55. The van der Waals surface area contributed by atoms with Gasteiger partial charge in [-0.05, 0) is 24.2 Å². The molecule has 3 heteroatoms. The maximum Gasteiger partial charge on any atom is 0.219 e. The van der Waals surface area contributed by atoms with Gasteiger partial charge in [-0.25, -0.2) is 0 Å². The van der Waals surface area contributed by atoms with Gasteiger partial charge in [-0.2, -0.15) is 11.1 Å². The van der Waals surface area contributed by atoms with Gasteiger partial charge in [0.1, 0.15) is 0 Å². The summed E-state index contributed by atoms with van der Waals surface area (Å²) in [4.78, 5) is 1.31. The lowest BCUT2D eigenvalue weighted by Gasteiger charge is -2.19. The molecule has 0 aromatic heterocycles. The van der Waals surface area contributed by atoms with Crippen LogP contribution >= 0.6 is 22.3 Å². The van der Waals surface area contributed by atoms with Crippen molar-refractivity contribution in [1.82, 2.24) is 0 Å². The second-order valence-corrected chi connectivity index (χ2v) is 12.7. The molecular weight excluding hydrogens is 216 g/mol. The van der Waals surface area contributed by atoms with E-state index in [9.17, 15) is 0 Å². The van der Waals surface area contributed by atoms with Crippen LogP contribution in [0.15, 0.2) is 35.2 Å². The highest BCUT2D eigenvalue weighted by Crippen LogP contribution is 2.37. The van der Waals surface area contributed by atoms with Crippen LogP contribution in [0.1, 0.15) is 13.8 Å². The fourth-order valence-corrected chi connectivity index (χ4v) is 5.94. The summed E-state index contributed by atoms with van der Waals surface area (Å²) < 4.78 is 0. The lowest BCUT2D eigenvalue weighted by atomic mass is 10.4. The Hall–Kier alpha value is 0.0769. The molecule has 0 amide bonds. The summed E-state index contributed by atoms with van der Waals surface area (Å²) in [5.74, 6) is 0. The highest BCUT2D eigenvalue weighted by atomic mass is 35.6. The van der Waals surface area contributed by atoms with Crippen LogP contribution in [-0.2, 0) is 0 Å². The molecular formula is C10H15ClSSi. The van der Waals surface area contributed by atoms with Crippen LogP contribution in [0, 0.1) is 0 Å². The van der Waals surface area contributed by atoms with E-state index in [4.69, 9.17) is 11.1 Å². The Morgan fingerprint density at radius 2 is 1.69 bits per heavy atom. The molecule has 0 aliphatic carbocycles. The monoisotopic (exact) mass is 230 g/mol. The Kier molecular flexibility index (Phi) is 4.36. The van der Waals surface area contributed by atoms with Gasteiger partial charge < -0.3 is 0 Å². The van der Waals surface area contributed by atoms with Crippen molar-refractivity contribution in [2.75, 3.05) is 0 Å². The molecule has 0 aliphatic heterocycles. The van der Waals surface area contributed by atoms with Gasteiger partial charge in [0, 0.05) is 4.90 Å². The molecule has 1 aromatic carbocycles. The van der Waals surface area contributed by atoms with Crippen molar-refractivity contribution in [3.05, 3.63) is 30.3 Å². The molecule has 13 heavy (non-hydrogen) atoms. The van der Waals surface area contributed by atoms with Crippen LogP contribution in [0.25, 0.3) is 0 Å². The van der Waals surface area contributed by atoms with E-state index in [2.05, 4.69) is 38.1 Å². The number of hydrogen-bond donors (Lipinski definition) is 0. The fourth-order valence-electron chi connectivity index (χ4n) is 1.09. The lowest BCUT2D eigenvalue weighted by molar-refractivity contribution is 1.33. The molecule has 0 saturated carbocycles. The van der Waals surface area contributed by atoms with Crippen molar-refractivity contribution >= 4 is 28.8 Å². The molecule has 0 radical (unpaired) electrons. The standard InChI is InChI=1S/C10H15ClSSi/c1-3-13(11,4-2)12-10-8-6-5-7-9-10/h5-9H,3-4H2,1-2H3. The molecule has 0 unspecified atom stereocenters. The minimum Gasteiger partial charge on any atom is -0.152 e. The summed E-state index contributed by atoms with van der Waals surface area (Å²) >= 11 is 8.44. The molecule has 1 aromatic rings. The van der Waals surface area contributed by atoms with Gasteiger partial charge in [0.05, 0.1) is 0 Å². The molecule has 0 bridgehead atoms. The van der Waals surface area contributed by atoms with Gasteiger partial charge in [0.2, 0.25) is 6.53 Å². The second-order valence-electron chi connectivity index (χ2n) is 3.01. The van der Waals surface area contributed by atoms with Crippen molar-refractivity contribution in [3.63, 3.8) is 0 Å². The van der Waals surface area contributed by atoms with Gasteiger partial charge in [0.25, 0.3) is 0 Å². The first-order valence-corrected chi connectivity index (χ1v) is 9.60. The zero-order chi connectivity index (χ0) is 9.73. The highest BCUT2D eigenvalue weighted by molar-refractivity contribution is 8.33. The smallest absolute Gasteiger partial charge is 0.152 e. The van der Waals surface area contributed by atoms with E-state index in [0.29, 0.717) is 0 Å². The lowest BCUT2D eigenvalue weighted by Crippen LogP contribution is -2.19. The molecule has 0 fully saturated rings. The first-order valence-electron chi connectivity index (χ1n) is 4.63. The summed E-state index contributed by atoms with van der Waals surface area (Å²) in [5.41, 5.74) is 0. The third-order valence-corrected chi connectivity index (χ3v) is 10.9. The quantitative estimate of drug-likeness (QED) is 0.542. The van der Waals surface area contributed by atoms with Crippen LogP contribution in [0.2, 0.25) is 12.1 Å². The summed E-state index contributed by atoms with van der Waals surface area (Å²) in [6.07, 6.45) is 0. The van der Waals surface area contributed by atoms with E-state index >= 15 is 0 Å². The molecule has 0 aliphatic rings. The van der Waals surface area contributed by atoms with Crippen molar-refractivity contribution in [3.8, 4) is 0 Å². The molecule has 0 N–H and O–H groups in total. The van der Waals surface area contributed by atoms with Crippen molar-refractivity contribution in [2.45, 2.75) is 30.8 Å². The molecule has 0 atom stereocenters. The van der Waals surface area contributed by atoms with E-state index in [-0.39, 0.29) is 0 Å². The van der Waals surface area contributed by atoms with Crippen molar-refractivity contribution < 1.29 is 0 Å². The summed E-state index contributed by atoms with van der Waals surface area (Å²) in [5, 5.41) is 0. The van der Waals surface area contributed by atoms with E-state index in [1.807, 2.05) is 17.3 Å². The summed E-state index contributed by atoms with van der Waals surface area (Å²) in [6, 6.07) is 12.7. The predicted octanol–water partition coefficient (Wildman–Crippen LogP) is 4.50. The number of rotatable bonds is 4. The zero-order valence-electron chi connectivity index (χ0n) is 8.09. The largest absolute Gasteiger partial charge is 0.219 e. The molecule has 0 saturated heterocycles. The Balaban J connectivity index is 2.68. The molecule has 1 rings (SSSR count). The first-order chi connectivity index (χ1) is 6.20. The maximum absolute atomic E-state index is 6.54. The molecule has 0 spiro atoms. The van der Waals surface area contributed by atoms with Crippen molar-refractivity contribution in [1.29, 1.82) is 0 Å². The average molecular weight is 231 g/mol. The number of benzene rings is 1. The van der Waals surface area contributed by atoms with E-state index in [1.165, 1.54) is 4.90 Å². The second kappa shape index (κ2) is 5.08. The Labute approximate surface area is 90.0 Å². The molecule has 0 nitrogen and oxygen atoms in total. The van der Waals surface area contributed by atoms with Crippen LogP contribution < -0.4 is 0 Å². The number of hydrogen-bond acceptors (Lipinski definition) is 1. The fraction of sp³-hybridized carbons (Fsp3) is 0.400. The normalized spacial score (nSPS) is 11.6. The predicted molar refractivity (Wildman–Crippen MR) is 64.9 cm³/mol. The van der Waals surface area contributed by atoms with Gasteiger partial charge in [0.15, 0.2) is 0 Å². The zero-order valence-corrected chi connectivity index (χ0v) is 10.7. The van der Waals surface area contributed by atoms with Crippen LogP contribution in [0.5, 0.6) is 0 Å². The van der Waals surface area contributed by atoms with Gasteiger partial charge in [-0.1, -0.05) is 32.0 Å². The Bertz CT molecular complexity index is 246. The first kappa shape index (κ1) is 11.2. The van der Waals surface area contributed by atoms with E-state index in [1.54, 1.807) is 0 Å². The van der Waals surface area contributed by atoms with Gasteiger partial charge in [-0.3, -0.25) is 0 Å². The third-order valence-electron chi connectivity index (χ3n) is 2.10. The maximum atomic E-state index is 6.54. The van der Waals surface area contributed by atoms with E-state index < -0.39 is 6.53 Å². The van der Waals surface area contributed by atoms with Gasteiger partial charge in [-0.15, -0.1) is 11.2 Å².